The molecular formula is C20H21NO6. The SMILES string of the molecule is C=C(C)C(=O)OCCNC(=O)Oc1cccc2c(OCC3CO3)cccc12. The Morgan fingerprint density at radius 2 is 1.85 bits per heavy atom. The van der Waals surface area contributed by atoms with Crippen LogP contribution in [0.15, 0.2) is 48.6 Å². The molecule has 0 saturated carbocycles. The Bertz CT molecular complexity index is 859. The molecule has 27 heavy (non-hydrogen) atoms. The second-order valence-corrected chi connectivity index (χ2v) is 6.11. The number of carbonyl (C=O) groups excluding carboxylic acids is 2. The van der Waals surface area contributed by atoms with Crippen LogP contribution >= 0.6 is 0 Å². The van der Waals surface area contributed by atoms with Crippen LogP contribution in [0.25, 0.3) is 10.8 Å². The van der Waals surface area contributed by atoms with Crippen molar-refractivity contribution in [3.63, 3.8) is 0 Å². The van der Waals surface area contributed by atoms with Crippen LogP contribution in [0.1, 0.15) is 6.92 Å². The minimum absolute atomic E-state index is 0.0392. The number of fused-ring (bicyclic) bond motifs is 1. The fourth-order valence-corrected chi connectivity index (χ4v) is 2.37. The monoisotopic (exact) mass is 371 g/mol. The average molecular weight is 371 g/mol. The Kier molecular flexibility index (Phi) is 5.93. The third kappa shape index (κ3) is 5.21. The molecule has 0 radical (unpaired) electrons. The third-order valence-electron chi connectivity index (χ3n) is 3.82. The van der Waals surface area contributed by atoms with Crippen LogP contribution in [-0.4, -0.2) is 44.5 Å². The van der Waals surface area contributed by atoms with Crippen molar-refractivity contribution in [3.8, 4) is 11.5 Å². The van der Waals surface area contributed by atoms with Gasteiger partial charge in [0, 0.05) is 16.3 Å². The number of hydrogen-bond acceptors (Lipinski definition) is 6. The number of carbonyl (C=O) groups is 2. The molecule has 7 heteroatoms. The maximum Gasteiger partial charge on any atom is 0.412 e. The zero-order valence-corrected chi connectivity index (χ0v) is 15.0. The summed E-state index contributed by atoms with van der Waals surface area (Å²) in [6, 6.07) is 11.0. The third-order valence-corrected chi connectivity index (χ3v) is 3.82. The molecule has 1 amide bonds. The Labute approximate surface area is 156 Å². The molecular weight excluding hydrogens is 350 g/mol. The summed E-state index contributed by atoms with van der Waals surface area (Å²) in [7, 11) is 0. The first kappa shape index (κ1) is 18.7. The van der Waals surface area contributed by atoms with E-state index in [9.17, 15) is 9.59 Å². The first-order valence-corrected chi connectivity index (χ1v) is 8.59. The number of ether oxygens (including phenoxy) is 4. The van der Waals surface area contributed by atoms with Gasteiger partial charge in [-0.05, 0) is 19.1 Å². The van der Waals surface area contributed by atoms with Gasteiger partial charge < -0.3 is 24.3 Å². The maximum atomic E-state index is 12.0. The second kappa shape index (κ2) is 8.55. The molecule has 2 aromatic rings. The van der Waals surface area contributed by atoms with Crippen molar-refractivity contribution in [1.82, 2.24) is 5.32 Å². The van der Waals surface area contributed by atoms with Gasteiger partial charge in [0.2, 0.25) is 0 Å². The second-order valence-electron chi connectivity index (χ2n) is 6.11. The first-order valence-electron chi connectivity index (χ1n) is 8.59. The van der Waals surface area contributed by atoms with E-state index in [1.807, 2.05) is 24.3 Å². The number of epoxide rings is 1. The Hall–Kier alpha value is -3.06. The molecule has 1 unspecified atom stereocenters. The van der Waals surface area contributed by atoms with Gasteiger partial charge in [-0.1, -0.05) is 30.8 Å². The van der Waals surface area contributed by atoms with Crippen LogP contribution in [0.3, 0.4) is 0 Å². The predicted molar refractivity (Wildman–Crippen MR) is 99.0 cm³/mol. The van der Waals surface area contributed by atoms with E-state index in [1.165, 1.54) is 0 Å². The van der Waals surface area contributed by atoms with Gasteiger partial charge >= 0.3 is 12.1 Å². The van der Waals surface area contributed by atoms with E-state index >= 15 is 0 Å². The molecule has 0 bridgehead atoms. The minimum atomic E-state index is -0.633. The summed E-state index contributed by atoms with van der Waals surface area (Å²) in [6.45, 7) is 6.43. The number of amides is 1. The lowest BCUT2D eigenvalue weighted by Crippen LogP contribution is -2.30. The molecule has 7 nitrogen and oxygen atoms in total. The topological polar surface area (TPSA) is 86.4 Å². The number of nitrogens with one attached hydrogen (secondary N) is 1. The highest BCUT2D eigenvalue weighted by atomic mass is 16.6. The van der Waals surface area contributed by atoms with E-state index in [0.717, 1.165) is 17.4 Å². The van der Waals surface area contributed by atoms with Gasteiger partial charge in [0.25, 0.3) is 0 Å². The van der Waals surface area contributed by atoms with Crippen LogP contribution in [-0.2, 0) is 14.3 Å². The number of rotatable bonds is 8. The number of hydrogen-bond donors (Lipinski definition) is 1. The summed E-state index contributed by atoms with van der Waals surface area (Å²) >= 11 is 0. The summed E-state index contributed by atoms with van der Waals surface area (Å²) in [5.74, 6) is 0.626. The zero-order chi connectivity index (χ0) is 19.2. The molecule has 3 rings (SSSR count). The lowest BCUT2D eigenvalue weighted by Gasteiger charge is -2.12. The molecule has 0 spiro atoms. The van der Waals surface area contributed by atoms with Crippen molar-refractivity contribution in [2.75, 3.05) is 26.4 Å². The summed E-state index contributed by atoms with van der Waals surface area (Å²) in [4.78, 5) is 23.3. The van der Waals surface area contributed by atoms with E-state index < -0.39 is 12.1 Å². The minimum Gasteiger partial charge on any atom is -0.490 e. The summed E-state index contributed by atoms with van der Waals surface area (Å²) in [6.07, 6.45) is -0.476. The summed E-state index contributed by atoms with van der Waals surface area (Å²) < 4.78 is 21.2. The van der Waals surface area contributed by atoms with Gasteiger partial charge in [0.1, 0.15) is 30.8 Å². The number of benzene rings is 2. The van der Waals surface area contributed by atoms with Crippen molar-refractivity contribution in [1.29, 1.82) is 0 Å². The Balaban J connectivity index is 1.59. The van der Waals surface area contributed by atoms with E-state index in [2.05, 4.69) is 11.9 Å². The van der Waals surface area contributed by atoms with Gasteiger partial charge in [-0.3, -0.25) is 0 Å². The van der Waals surface area contributed by atoms with Crippen LogP contribution in [0.2, 0.25) is 0 Å². The summed E-state index contributed by atoms with van der Waals surface area (Å²) in [5.41, 5.74) is 0.305. The highest BCUT2D eigenvalue weighted by Crippen LogP contribution is 2.32. The van der Waals surface area contributed by atoms with Crippen molar-refractivity contribution in [2.45, 2.75) is 13.0 Å². The predicted octanol–water partition coefficient (Wildman–Crippen LogP) is 2.83. The van der Waals surface area contributed by atoms with Gasteiger partial charge in [0.15, 0.2) is 0 Å². The average Bonchev–Trinajstić information content (AvgIpc) is 3.48. The molecule has 1 aliphatic rings. The molecule has 0 aliphatic carbocycles. The zero-order valence-electron chi connectivity index (χ0n) is 15.0. The maximum absolute atomic E-state index is 12.0. The van der Waals surface area contributed by atoms with Crippen molar-refractivity contribution in [3.05, 3.63) is 48.6 Å². The quantitative estimate of drug-likeness (QED) is 0.332. The summed E-state index contributed by atoms with van der Waals surface area (Å²) in [5, 5.41) is 4.14. The molecule has 142 valence electrons. The standard InChI is InChI=1S/C20H21NO6/c1-13(2)19(22)24-10-9-21-20(23)27-18-8-4-5-15-16(18)6-3-7-17(15)26-12-14-11-25-14/h3-8,14H,1,9-12H2,2H3,(H,21,23). The highest BCUT2D eigenvalue weighted by molar-refractivity contribution is 5.94. The Morgan fingerprint density at radius 1 is 1.19 bits per heavy atom. The molecule has 1 atom stereocenters. The molecule has 1 saturated heterocycles. The van der Waals surface area contributed by atoms with E-state index in [-0.39, 0.29) is 19.3 Å². The van der Waals surface area contributed by atoms with Gasteiger partial charge in [-0.25, -0.2) is 9.59 Å². The molecule has 1 aliphatic heterocycles. The lowest BCUT2D eigenvalue weighted by atomic mass is 10.1. The Morgan fingerprint density at radius 3 is 2.52 bits per heavy atom. The smallest absolute Gasteiger partial charge is 0.412 e. The molecule has 1 N–H and O–H groups in total. The molecule has 0 aromatic heterocycles. The van der Waals surface area contributed by atoms with Gasteiger partial charge in [0.05, 0.1) is 13.2 Å². The van der Waals surface area contributed by atoms with Crippen LogP contribution in [0, 0.1) is 0 Å². The van der Waals surface area contributed by atoms with Crippen LogP contribution in [0.4, 0.5) is 4.79 Å². The van der Waals surface area contributed by atoms with Gasteiger partial charge in [-0.15, -0.1) is 0 Å². The molecule has 1 heterocycles. The van der Waals surface area contributed by atoms with Gasteiger partial charge in [-0.2, -0.15) is 0 Å². The van der Waals surface area contributed by atoms with Crippen molar-refractivity contribution < 1.29 is 28.5 Å². The largest absolute Gasteiger partial charge is 0.490 e. The van der Waals surface area contributed by atoms with Crippen molar-refractivity contribution in [2.24, 2.45) is 0 Å². The first-order chi connectivity index (χ1) is 13.0. The van der Waals surface area contributed by atoms with E-state index in [0.29, 0.717) is 23.7 Å². The van der Waals surface area contributed by atoms with E-state index in [1.54, 1.807) is 19.1 Å². The molecule has 2 aromatic carbocycles. The normalized spacial score (nSPS) is 15.1. The number of esters is 1. The fraction of sp³-hybridized carbons (Fsp3) is 0.300. The van der Waals surface area contributed by atoms with Crippen LogP contribution in [0.5, 0.6) is 11.5 Å². The van der Waals surface area contributed by atoms with E-state index in [4.69, 9.17) is 18.9 Å². The fourth-order valence-electron chi connectivity index (χ4n) is 2.37. The highest BCUT2D eigenvalue weighted by Gasteiger charge is 2.23. The molecule has 1 fully saturated rings. The van der Waals surface area contributed by atoms with Crippen molar-refractivity contribution >= 4 is 22.8 Å². The lowest BCUT2D eigenvalue weighted by molar-refractivity contribution is -0.138. The van der Waals surface area contributed by atoms with Crippen LogP contribution < -0.4 is 14.8 Å².